The molecule has 1 aliphatic carbocycles. The monoisotopic (exact) mass is 453 g/mol. The summed E-state index contributed by atoms with van der Waals surface area (Å²) in [6.07, 6.45) is 4.43. The van der Waals surface area contributed by atoms with Crippen molar-refractivity contribution in [2.45, 2.75) is 31.7 Å². The van der Waals surface area contributed by atoms with Gasteiger partial charge >= 0.3 is 168 Å². The fourth-order valence-electron chi connectivity index (χ4n) is 3.26. The van der Waals surface area contributed by atoms with Gasteiger partial charge in [0.15, 0.2) is 0 Å². The zero-order valence-electron chi connectivity index (χ0n) is 13.9. The Bertz CT molecular complexity index is 930. The molecule has 0 saturated heterocycles. The Morgan fingerprint density at radius 1 is 1.19 bits per heavy atom. The van der Waals surface area contributed by atoms with Gasteiger partial charge in [0, 0.05) is 0 Å². The molecule has 0 unspecified atom stereocenters. The van der Waals surface area contributed by atoms with Crippen LogP contribution in [0.25, 0.3) is 15.8 Å². The Hall–Kier alpha value is -1.52. The first-order valence-electron chi connectivity index (χ1n) is 8.52. The fraction of sp³-hybridized carbons (Fsp3) is 0.263. The van der Waals surface area contributed by atoms with Crippen molar-refractivity contribution in [3.63, 3.8) is 0 Å². The molecule has 3 aromatic rings. The first-order valence-corrected chi connectivity index (χ1v) is 11.1. The SMILES string of the molecule is O=C(NC1CCCC1)c1cc(-c2ccc[se]2)n(-c2ccc(Cl)cc2Cl)n1. The van der Waals surface area contributed by atoms with Crippen molar-refractivity contribution in [1.29, 1.82) is 0 Å². The Morgan fingerprint density at radius 2 is 2.00 bits per heavy atom. The number of aromatic nitrogens is 2. The van der Waals surface area contributed by atoms with Gasteiger partial charge in [0.25, 0.3) is 0 Å². The maximum atomic E-state index is 12.7. The number of benzene rings is 1. The van der Waals surface area contributed by atoms with Crippen LogP contribution in [0.2, 0.25) is 10.0 Å². The minimum atomic E-state index is -0.124. The molecule has 2 heterocycles. The van der Waals surface area contributed by atoms with Crippen molar-refractivity contribution in [2.75, 3.05) is 0 Å². The average Bonchev–Trinajstić information content (AvgIpc) is 3.36. The van der Waals surface area contributed by atoms with E-state index < -0.39 is 0 Å². The van der Waals surface area contributed by atoms with Gasteiger partial charge in [-0.25, -0.2) is 0 Å². The molecule has 26 heavy (non-hydrogen) atoms. The van der Waals surface area contributed by atoms with Crippen molar-refractivity contribution < 1.29 is 4.79 Å². The van der Waals surface area contributed by atoms with Crippen LogP contribution in [-0.2, 0) is 0 Å². The molecule has 1 amide bonds. The van der Waals surface area contributed by atoms with E-state index in [-0.39, 0.29) is 26.5 Å². The Labute approximate surface area is 167 Å². The number of nitrogens with zero attached hydrogens (tertiary/aromatic N) is 2. The van der Waals surface area contributed by atoms with Crippen LogP contribution in [0.15, 0.2) is 41.3 Å². The van der Waals surface area contributed by atoms with Crippen LogP contribution in [0.1, 0.15) is 36.2 Å². The van der Waals surface area contributed by atoms with Crippen molar-refractivity contribution in [3.05, 3.63) is 57.1 Å². The molecule has 1 N–H and O–H groups in total. The number of nitrogens with one attached hydrogen (secondary N) is 1. The van der Waals surface area contributed by atoms with Gasteiger partial charge in [-0.2, -0.15) is 0 Å². The second-order valence-electron chi connectivity index (χ2n) is 6.35. The maximum absolute atomic E-state index is 12.7. The molecule has 7 heteroatoms. The molecule has 1 saturated carbocycles. The summed E-state index contributed by atoms with van der Waals surface area (Å²) in [7, 11) is 0. The van der Waals surface area contributed by atoms with E-state index in [0.717, 1.165) is 28.7 Å². The third-order valence-electron chi connectivity index (χ3n) is 4.54. The molecule has 0 spiro atoms. The van der Waals surface area contributed by atoms with Gasteiger partial charge in [-0.15, -0.1) is 0 Å². The molecule has 0 bridgehead atoms. The number of hydrogen-bond donors (Lipinski definition) is 1. The van der Waals surface area contributed by atoms with E-state index >= 15 is 0 Å². The molecule has 1 fully saturated rings. The summed E-state index contributed by atoms with van der Waals surface area (Å²) in [5, 5.41) is 8.75. The summed E-state index contributed by atoms with van der Waals surface area (Å²) < 4.78 is 2.92. The van der Waals surface area contributed by atoms with Crippen LogP contribution in [0.3, 0.4) is 0 Å². The van der Waals surface area contributed by atoms with Crippen LogP contribution in [0.5, 0.6) is 0 Å². The molecule has 4 rings (SSSR count). The summed E-state index contributed by atoms with van der Waals surface area (Å²) in [4.78, 5) is 14.8. The van der Waals surface area contributed by atoms with Crippen molar-refractivity contribution in [1.82, 2.24) is 15.1 Å². The Kier molecular flexibility index (Phi) is 5.23. The first kappa shape index (κ1) is 17.9. The number of carbonyl (C=O) groups is 1. The molecule has 2 aromatic heterocycles. The van der Waals surface area contributed by atoms with Gasteiger partial charge in [-0.05, 0) is 0 Å². The normalized spacial score (nSPS) is 14.7. The number of halogens is 2. The van der Waals surface area contributed by atoms with Crippen LogP contribution in [-0.4, -0.2) is 36.2 Å². The molecular formula is C19H17Cl2N3OSe. The quantitative estimate of drug-likeness (QED) is 0.589. The van der Waals surface area contributed by atoms with Crippen LogP contribution >= 0.6 is 23.2 Å². The molecule has 0 radical (unpaired) electrons. The van der Waals surface area contributed by atoms with Gasteiger partial charge in [0.1, 0.15) is 0 Å². The van der Waals surface area contributed by atoms with Gasteiger partial charge in [-0.1, -0.05) is 0 Å². The van der Waals surface area contributed by atoms with E-state index in [9.17, 15) is 4.79 Å². The van der Waals surface area contributed by atoms with Gasteiger partial charge in [-0.3, -0.25) is 0 Å². The van der Waals surface area contributed by atoms with E-state index in [1.54, 1.807) is 16.8 Å². The molecule has 4 nitrogen and oxygen atoms in total. The standard InChI is InChI=1S/C19H17Cl2N3OSe/c20-12-7-8-16(14(21)10-12)24-17(18-6-3-9-26-18)11-15(23-24)19(25)22-13-4-1-2-5-13/h3,6-11,13H,1-2,4-5H2,(H,22,25). The Balaban J connectivity index is 1.74. The minimum absolute atomic E-state index is 0.124. The summed E-state index contributed by atoms with van der Waals surface area (Å²) in [5.74, 6) is -0.124. The molecule has 0 aliphatic heterocycles. The van der Waals surface area contributed by atoms with Crippen molar-refractivity contribution in [2.24, 2.45) is 0 Å². The molecule has 0 atom stereocenters. The van der Waals surface area contributed by atoms with Crippen LogP contribution in [0, 0.1) is 0 Å². The summed E-state index contributed by atoms with van der Waals surface area (Å²) in [6, 6.07) is 11.5. The zero-order chi connectivity index (χ0) is 18.1. The predicted molar refractivity (Wildman–Crippen MR) is 106 cm³/mol. The fourth-order valence-corrected chi connectivity index (χ4v) is 5.27. The number of hydrogen-bond acceptors (Lipinski definition) is 2. The number of amides is 1. The number of carbonyl (C=O) groups excluding carboxylic acids is 1. The summed E-state index contributed by atoms with van der Waals surface area (Å²) >= 11 is 12.6. The zero-order valence-corrected chi connectivity index (χ0v) is 17.1. The van der Waals surface area contributed by atoms with Crippen molar-refractivity contribution in [3.8, 4) is 15.8 Å². The van der Waals surface area contributed by atoms with E-state index in [1.165, 1.54) is 12.8 Å². The van der Waals surface area contributed by atoms with Gasteiger partial charge in [0.05, 0.1) is 0 Å². The van der Waals surface area contributed by atoms with Crippen LogP contribution in [0.4, 0.5) is 0 Å². The molecule has 1 aromatic carbocycles. The second kappa shape index (κ2) is 7.61. The predicted octanol–water partition coefficient (Wildman–Crippen LogP) is 4.58. The third-order valence-corrected chi connectivity index (χ3v) is 6.95. The number of rotatable bonds is 4. The van der Waals surface area contributed by atoms with Crippen molar-refractivity contribution >= 4 is 43.6 Å². The van der Waals surface area contributed by atoms with Gasteiger partial charge < -0.3 is 0 Å². The molecular weight excluding hydrogens is 436 g/mol. The Morgan fingerprint density at radius 3 is 2.69 bits per heavy atom. The average molecular weight is 453 g/mol. The second-order valence-corrected chi connectivity index (χ2v) is 9.19. The van der Waals surface area contributed by atoms with E-state index in [2.05, 4.69) is 21.4 Å². The van der Waals surface area contributed by atoms with E-state index in [0.29, 0.717) is 15.7 Å². The van der Waals surface area contributed by atoms with E-state index in [4.69, 9.17) is 23.2 Å². The molecule has 134 valence electrons. The molecule has 1 aliphatic rings. The van der Waals surface area contributed by atoms with Crippen LogP contribution < -0.4 is 5.32 Å². The van der Waals surface area contributed by atoms with E-state index in [1.807, 2.05) is 18.2 Å². The summed E-state index contributed by atoms with van der Waals surface area (Å²) in [6.45, 7) is 0. The first-order chi connectivity index (χ1) is 12.6. The summed E-state index contributed by atoms with van der Waals surface area (Å²) in [5.41, 5.74) is 2.03. The topological polar surface area (TPSA) is 46.9 Å². The van der Waals surface area contributed by atoms with Gasteiger partial charge in [0.2, 0.25) is 0 Å². The third kappa shape index (κ3) is 3.63.